The van der Waals surface area contributed by atoms with Gasteiger partial charge in [-0.15, -0.1) is 0 Å². The molecule has 0 aromatic carbocycles. The number of hydrogen-bond acceptors (Lipinski definition) is 3. The first-order valence-electron chi connectivity index (χ1n) is 6.72. The molecule has 5 heteroatoms. The predicted octanol–water partition coefficient (Wildman–Crippen LogP) is 0.834. The molecule has 2 N–H and O–H groups in total. The highest BCUT2D eigenvalue weighted by atomic mass is 16.5. The largest absolute Gasteiger partial charge is 0.385 e. The van der Waals surface area contributed by atoms with E-state index in [0.29, 0.717) is 19.1 Å². The maximum absolute atomic E-state index is 11.7. The van der Waals surface area contributed by atoms with Crippen LogP contribution in [0.5, 0.6) is 0 Å². The number of carbonyl (C=O) groups is 2. The summed E-state index contributed by atoms with van der Waals surface area (Å²) in [6.07, 6.45) is 5.17. The molecule has 0 radical (unpaired) electrons. The summed E-state index contributed by atoms with van der Waals surface area (Å²) < 4.78 is 4.87. The van der Waals surface area contributed by atoms with E-state index in [0.717, 1.165) is 25.7 Å². The highest BCUT2D eigenvalue weighted by Crippen LogP contribution is 2.23. The molecule has 1 fully saturated rings. The third-order valence-electron chi connectivity index (χ3n) is 3.44. The normalized spacial score (nSPS) is 23.4. The Bertz CT molecular complexity index is 281. The molecule has 1 saturated carbocycles. The molecule has 0 unspecified atom stereocenters. The van der Waals surface area contributed by atoms with Crippen molar-refractivity contribution >= 4 is 11.8 Å². The number of carbonyl (C=O) groups excluding carboxylic acids is 2. The van der Waals surface area contributed by atoms with E-state index >= 15 is 0 Å². The van der Waals surface area contributed by atoms with E-state index in [1.807, 2.05) is 0 Å². The van der Waals surface area contributed by atoms with Gasteiger partial charge in [0, 0.05) is 26.3 Å². The number of hydrogen-bond donors (Lipinski definition) is 2. The second-order valence-electron chi connectivity index (χ2n) is 4.94. The standard InChI is InChI=1S/C13H24N2O3/c1-10-6-3-4-7-11(10)15-13(17)12(16)14-8-5-9-18-2/h10-11H,3-9H2,1-2H3,(H,14,16)(H,15,17)/t10-,11+/m1/s1. The zero-order chi connectivity index (χ0) is 13.4. The Hall–Kier alpha value is -1.10. The van der Waals surface area contributed by atoms with Gasteiger partial charge in [-0.1, -0.05) is 19.8 Å². The van der Waals surface area contributed by atoms with E-state index in [2.05, 4.69) is 17.6 Å². The summed E-state index contributed by atoms with van der Waals surface area (Å²) in [5.41, 5.74) is 0. The van der Waals surface area contributed by atoms with Gasteiger partial charge in [0.15, 0.2) is 0 Å². The molecule has 0 heterocycles. The van der Waals surface area contributed by atoms with Gasteiger partial charge in [0.25, 0.3) is 0 Å². The lowest BCUT2D eigenvalue weighted by Crippen LogP contribution is -2.47. The summed E-state index contributed by atoms with van der Waals surface area (Å²) in [6.45, 7) is 3.18. The minimum absolute atomic E-state index is 0.149. The fraction of sp³-hybridized carbons (Fsp3) is 0.846. The molecule has 104 valence electrons. The zero-order valence-electron chi connectivity index (χ0n) is 11.3. The SMILES string of the molecule is COCCCNC(=O)C(=O)N[C@H]1CCCC[C@H]1C. The number of nitrogens with one attached hydrogen (secondary N) is 2. The van der Waals surface area contributed by atoms with E-state index in [-0.39, 0.29) is 6.04 Å². The Kier molecular flexibility index (Phi) is 6.72. The Labute approximate surface area is 109 Å². The summed E-state index contributed by atoms with van der Waals surface area (Å²) in [5, 5.41) is 5.42. The van der Waals surface area contributed by atoms with Gasteiger partial charge < -0.3 is 15.4 Å². The molecule has 2 amide bonds. The van der Waals surface area contributed by atoms with Crippen LogP contribution in [0.2, 0.25) is 0 Å². The number of rotatable bonds is 5. The molecular formula is C13H24N2O3. The van der Waals surface area contributed by atoms with Crippen molar-refractivity contribution in [1.29, 1.82) is 0 Å². The first kappa shape index (κ1) is 15.0. The maximum Gasteiger partial charge on any atom is 0.309 e. The number of ether oxygens (including phenoxy) is 1. The van der Waals surface area contributed by atoms with Crippen molar-refractivity contribution in [1.82, 2.24) is 10.6 Å². The van der Waals surface area contributed by atoms with Gasteiger partial charge in [0.1, 0.15) is 0 Å². The van der Waals surface area contributed by atoms with Crippen LogP contribution in [0.3, 0.4) is 0 Å². The molecular weight excluding hydrogens is 232 g/mol. The van der Waals surface area contributed by atoms with Gasteiger partial charge in [-0.25, -0.2) is 0 Å². The van der Waals surface area contributed by atoms with Crippen LogP contribution < -0.4 is 10.6 Å². The lowest BCUT2D eigenvalue weighted by Gasteiger charge is -2.29. The maximum atomic E-state index is 11.7. The van der Waals surface area contributed by atoms with Crippen LogP contribution >= 0.6 is 0 Å². The molecule has 1 rings (SSSR count). The molecule has 0 bridgehead atoms. The van der Waals surface area contributed by atoms with Crippen molar-refractivity contribution in [3.63, 3.8) is 0 Å². The quantitative estimate of drug-likeness (QED) is 0.565. The average molecular weight is 256 g/mol. The van der Waals surface area contributed by atoms with Gasteiger partial charge in [-0.3, -0.25) is 9.59 Å². The minimum atomic E-state index is -0.538. The van der Waals surface area contributed by atoms with E-state index in [1.165, 1.54) is 6.42 Å². The molecule has 0 aromatic rings. The fourth-order valence-electron chi connectivity index (χ4n) is 2.26. The van der Waals surface area contributed by atoms with Crippen molar-refractivity contribution in [3.05, 3.63) is 0 Å². The van der Waals surface area contributed by atoms with Gasteiger partial charge >= 0.3 is 11.8 Å². The van der Waals surface area contributed by atoms with E-state index in [9.17, 15) is 9.59 Å². The minimum Gasteiger partial charge on any atom is -0.385 e. The summed E-state index contributed by atoms with van der Waals surface area (Å²) in [6, 6.07) is 0.149. The first-order valence-corrected chi connectivity index (χ1v) is 6.72. The Morgan fingerprint density at radius 3 is 2.61 bits per heavy atom. The Morgan fingerprint density at radius 1 is 1.22 bits per heavy atom. The molecule has 5 nitrogen and oxygen atoms in total. The summed E-state index contributed by atoms with van der Waals surface area (Å²) in [4.78, 5) is 23.2. The molecule has 0 spiro atoms. The van der Waals surface area contributed by atoms with Crippen LogP contribution in [-0.2, 0) is 14.3 Å². The smallest absolute Gasteiger partial charge is 0.309 e. The molecule has 0 saturated heterocycles. The number of amides is 2. The molecule has 2 atom stereocenters. The summed E-state index contributed by atoms with van der Waals surface area (Å²) >= 11 is 0. The highest BCUT2D eigenvalue weighted by molar-refractivity contribution is 6.35. The van der Waals surface area contributed by atoms with Crippen molar-refractivity contribution in [2.75, 3.05) is 20.3 Å². The monoisotopic (exact) mass is 256 g/mol. The zero-order valence-corrected chi connectivity index (χ0v) is 11.3. The summed E-state index contributed by atoms with van der Waals surface area (Å²) in [5.74, 6) is -0.584. The predicted molar refractivity (Wildman–Crippen MR) is 69.1 cm³/mol. The fourth-order valence-corrected chi connectivity index (χ4v) is 2.26. The first-order chi connectivity index (χ1) is 8.65. The van der Waals surface area contributed by atoms with Crippen LogP contribution in [0.25, 0.3) is 0 Å². The second-order valence-corrected chi connectivity index (χ2v) is 4.94. The third kappa shape index (κ3) is 5.04. The molecule has 1 aliphatic rings. The molecule has 1 aliphatic carbocycles. The van der Waals surface area contributed by atoms with Crippen molar-refractivity contribution < 1.29 is 14.3 Å². The van der Waals surface area contributed by atoms with Crippen LogP contribution in [0.1, 0.15) is 39.0 Å². The molecule has 0 aliphatic heterocycles. The lowest BCUT2D eigenvalue weighted by molar-refractivity contribution is -0.140. The highest BCUT2D eigenvalue weighted by Gasteiger charge is 2.25. The van der Waals surface area contributed by atoms with E-state index in [1.54, 1.807) is 7.11 Å². The third-order valence-corrected chi connectivity index (χ3v) is 3.44. The van der Waals surface area contributed by atoms with Gasteiger partial charge in [-0.2, -0.15) is 0 Å². The average Bonchev–Trinajstić information content (AvgIpc) is 2.37. The van der Waals surface area contributed by atoms with Crippen LogP contribution in [-0.4, -0.2) is 38.1 Å². The molecule has 18 heavy (non-hydrogen) atoms. The van der Waals surface area contributed by atoms with Gasteiger partial charge in [0.05, 0.1) is 0 Å². The van der Waals surface area contributed by atoms with Crippen molar-refractivity contribution in [2.45, 2.75) is 45.1 Å². The van der Waals surface area contributed by atoms with Crippen molar-refractivity contribution in [2.24, 2.45) is 5.92 Å². The number of methoxy groups -OCH3 is 1. The van der Waals surface area contributed by atoms with E-state index in [4.69, 9.17) is 4.74 Å². The second kappa shape index (κ2) is 8.08. The van der Waals surface area contributed by atoms with Crippen LogP contribution in [0.4, 0.5) is 0 Å². The Morgan fingerprint density at radius 2 is 1.94 bits per heavy atom. The van der Waals surface area contributed by atoms with E-state index < -0.39 is 11.8 Å². The summed E-state index contributed by atoms with van der Waals surface area (Å²) in [7, 11) is 1.61. The van der Waals surface area contributed by atoms with Crippen molar-refractivity contribution in [3.8, 4) is 0 Å². The van der Waals surface area contributed by atoms with Gasteiger partial charge in [0.2, 0.25) is 0 Å². The van der Waals surface area contributed by atoms with Crippen LogP contribution in [0.15, 0.2) is 0 Å². The van der Waals surface area contributed by atoms with Gasteiger partial charge in [-0.05, 0) is 25.2 Å². The Balaban J connectivity index is 2.24. The van der Waals surface area contributed by atoms with Crippen LogP contribution in [0, 0.1) is 5.92 Å². The lowest BCUT2D eigenvalue weighted by atomic mass is 9.86. The topological polar surface area (TPSA) is 67.4 Å². The molecule has 0 aromatic heterocycles.